The Labute approximate surface area is 132 Å². The second kappa shape index (κ2) is 6.14. The molecule has 0 aromatic heterocycles. The number of benzene rings is 2. The molecule has 1 aliphatic rings. The molecule has 1 aliphatic heterocycles. The monoisotopic (exact) mass is 311 g/mol. The highest BCUT2D eigenvalue weighted by Crippen LogP contribution is 2.25. The van der Waals surface area contributed by atoms with Crippen molar-refractivity contribution < 1.29 is 19.1 Å². The van der Waals surface area contributed by atoms with Gasteiger partial charge in [-0.1, -0.05) is 36.4 Å². The molecule has 2 aromatic carbocycles. The van der Waals surface area contributed by atoms with Crippen LogP contribution < -0.4 is 0 Å². The third-order valence-electron chi connectivity index (χ3n) is 3.73. The van der Waals surface area contributed by atoms with Crippen molar-refractivity contribution >= 4 is 17.9 Å². The summed E-state index contributed by atoms with van der Waals surface area (Å²) in [4.78, 5) is 25.8. The summed E-state index contributed by atoms with van der Waals surface area (Å²) in [7, 11) is 0. The van der Waals surface area contributed by atoms with Gasteiger partial charge in [-0.2, -0.15) is 0 Å². The van der Waals surface area contributed by atoms with Crippen LogP contribution in [-0.2, 0) is 0 Å². The predicted octanol–water partition coefficient (Wildman–Crippen LogP) is 2.50. The van der Waals surface area contributed by atoms with Crippen LogP contribution >= 0.6 is 0 Å². The highest BCUT2D eigenvalue weighted by atomic mass is 19.1. The quantitative estimate of drug-likeness (QED) is 0.883. The molecule has 1 heterocycles. The molecule has 23 heavy (non-hydrogen) atoms. The second-order valence-corrected chi connectivity index (χ2v) is 5.19. The molecule has 2 aromatic rings. The van der Waals surface area contributed by atoms with E-state index < -0.39 is 17.9 Å². The van der Waals surface area contributed by atoms with E-state index >= 15 is 0 Å². The van der Waals surface area contributed by atoms with Gasteiger partial charge in [-0.3, -0.25) is 14.5 Å². The first-order valence-electron chi connectivity index (χ1n) is 7.13. The Kier molecular flexibility index (Phi) is 4.04. The molecule has 4 nitrogen and oxygen atoms in total. The van der Waals surface area contributed by atoms with E-state index in [1.807, 2.05) is 0 Å². The lowest BCUT2D eigenvalue weighted by molar-refractivity contribution is 0.0565. The van der Waals surface area contributed by atoms with E-state index in [-0.39, 0.29) is 12.4 Å². The fourth-order valence-electron chi connectivity index (χ4n) is 2.53. The van der Waals surface area contributed by atoms with Gasteiger partial charge < -0.3 is 5.11 Å². The zero-order valence-electron chi connectivity index (χ0n) is 12.1. The Hall–Kier alpha value is -2.79. The molecule has 0 saturated carbocycles. The Bertz CT molecular complexity index is 748. The number of hydrogen-bond acceptors (Lipinski definition) is 3. The van der Waals surface area contributed by atoms with Gasteiger partial charge in [0.25, 0.3) is 11.8 Å². The third kappa shape index (κ3) is 2.78. The van der Waals surface area contributed by atoms with Gasteiger partial charge in [-0.25, -0.2) is 4.39 Å². The summed E-state index contributed by atoms with van der Waals surface area (Å²) < 4.78 is 12.9. The molecule has 2 amide bonds. The van der Waals surface area contributed by atoms with Crippen molar-refractivity contribution in [3.8, 4) is 0 Å². The maximum Gasteiger partial charge on any atom is 0.262 e. The van der Waals surface area contributed by atoms with Crippen LogP contribution in [0.15, 0.2) is 54.6 Å². The molecule has 5 heteroatoms. The third-order valence-corrected chi connectivity index (χ3v) is 3.73. The summed E-state index contributed by atoms with van der Waals surface area (Å²) >= 11 is 0. The second-order valence-electron chi connectivity index (χ2n) is 5.19. The fraction of sp³-hybridized carbons (Fsp3) is 0.111. The summed E-state index contributed by atoms with van der Waals surface area (Å²) in [6.45, 7) is -0.386. The fourth-order valence-corrected chi connectivity index (χ4v) is 2.53. The topological polar surface area (TPSA) is 57.6 Å². The minimum Gasteiger partial charge on any atom is -0.394 e. The van der Waals surface area contributed by atoms with E-state index in [1.165, 1.54) is 12.1 Å². The van der Waals surface area contributed by atoms with Crippen molar-refractivity contribution in [3.05, 3.63) is 77.1 Å². The number of amides is 2. The molecule has 0 spiro atoms. The van der Waals surface area contributed by atoms with E-state index in [2.05, 4.69) is 0 Å². The zero-order valence-corrected chi connectivity index (χ0v) is 12.1. The van der Waals surface area contributed by atoms with E-state index in [0.717, 1.165) is 4.90 Å². The first-order chi connectivity index (χ1) is 11.1. The average Bonchev–Trinajstić information content (AvgIpc) is 2.83. The molecule has 0 unspecified atom stereocenters. The number of imide groups is 1. The summed E-state index contributed by atoms with van der Waals surface area (Å²) in [6.07, 6.45) is 3.21. The summed E-state index contributed by atoms with van der Waals surface area (Å²) in [5.74, 6) is -1.19. The number of aliphatic hydroxyl groups is 1. The molecular formula is C18H14FNO3. The predicted molar refractivity (Wildman–Crippen MR) is 83.2 cm³/mol. The Balaban J connectivity index is 1.86. The lowest BCUT2D eigenvalue weighted by atomic mass is 10.1. The van der Waals surface area contributed by atoms with Gasteiger partial charge in [0, 0.05) is 0 Å². The minimum absolute atomic E-state index is 0.339. The van der Waals surface area contributed by atoms with Crippen LogP contribution in [0.25, 0.3) is 6.08 Å². The summed E-state index contributed by atoms with van der Waals surface area (Å²) in [6, 6.07) is 11.6. The smallest absolute Gasteiger partial charge is 0.262 e. The lowest BCUT2D eigenvalue weighted by Gasteiger charge is -2.21. The molecule has 116 valence electrons. The van der Waals surface area contributed by atoms with Crippen LogP contribution in [0.2, 0.25) is 0 Å². The van der Waals surface area contributed by atoms with Crippen molar-refractivity contribution in [2.75, 3.05) is 6.61 Å². The first kappa shape index (κ1) is 15.1. The number of fused-ring (bicyclic) bond motifs is 1. The Morgan fingerprint density at radius 1 is 1.00 bits per heavy atom. The van der Waals surface area contributed by atoms with Crippen molar-refractivity contribution in [1.29, 1.82) is 0 Å². The SMILES string of the molecule is O=C1c2ccccc2C(=O)N1[C@H](/C=C/c1ccc(F)cc1)CO. The summed E-state index contributed by atoms with van der Waals surface area (Å²) in [5, 5.41) is 9.57. The molecule has 1 N–H and O–H groups in total. The standard InChI is InChI=1S/C18H14FNO3/c19-13-8-5-12(6-9-13)7-10-14(11-21)20-17(22)15-3-1-2-4-16(15)18(20)23/h1-10,14,21H,11H2/b10-7+/t14-/m1/s1. The van der Waals surface area contributed by atoms with Gasteiger partial charge >= 0.3 is 0 Å². The highest BCUT2D eigenvalue weighted by Gasteiger charge is 2.38. The molecule has 0 bridgehead atoms. The van der Waals surface area contributed by atoms with Crippen molar-refractivity contribution in [3.63, 3.8) is 0 Å². The van der Waals surface area contributed by atoms with Crippen molar-refractivity contribution in [2.45, 2.75) is 6.04 Å². The van der Waals surface area contributed by atoms with Gasteiger partial charge in [0.05, 0.1) is 23.8 Å². The molecule has 0 radical (unpaired) electrons. The maximum absolute atomic E-state index is 12.9. The van der Waals surface area contributed by atoms with Crippen LogP contribution in [0.1, 0.15) is 26.3 Å². The van der Waals surface area contributed by atoms with E-state index in [9.17, 15) is 19.1 Å². The largest absolute Gasteiger partial charge is 0.394 e. The molecular weight excluding hydrogens is 297 g/mol. The van der Waals surface area contributed by atoms with E-state index in [0.29, 0.717) is 16.7 Å². The average molecular weight is 311 g/mol. The van der Waals surface area contributed by atoms with Crippen LogP contribution in [0, 0.1) is 5.82 Å². The van der Waals surface area contributed by atoms with Gasteiger partial charge in [0.1, 0.15) is 5.82 Å². The lowest BCUT2D eigenvalue weighted by Crippen LogP contribution is -2.40. The molecule has 0 aliphatic carbocycles. The van der Waals surface area contributed by atoms with Crippen molar-refractivity contribution in [1.82, 2.24) is 4.90 Å². The van der Waals surface area contributed by atoms with E-state index in [4.69, 9.17) is 0 Å². The normalized spacial score (nSPS) is 15.3. The first-order valence-corrected chi connectivity index (χ1v) is 7.13. The van der Waals surface area contributed by atoms with Crippen LogP contribution in [-0.4, -0.2) is 34.5 Å². The van der Waals surface area contributed by atoms with Gasteiger partial charge in [-0.05, 0) is 29.8 Å². The number of aliphatic hydroxyl groups excluding tert-OH is 1. The van der Waals surface area contributed by atoms with Gasteiger partial charge in [0.15, 0.2) is 0 Å². The molecule has 0 saturated heterocycles. The molecule has 0 fully saturated rings. The number of hydrogen-bond donors (Lipinski definition) is 1. The Morgan fingerprint density at radius 2 is 1.57 bits per heavy atom. The number of carbonyl (C=O) groups excluding carboxylic acids is 2. The van der Waals surface area contributed by atoms with Crippen LogP contribution in [0.4, 0.5) is 4.39 Å². The number of halogens is 1. The number of rotatable bonds is 4. The van der Waals surface area contributed by atoms with Crippen LogP contribution in [0.5, 0.6) is 0 Å². The van der Waals surface area contributed by atoms with E-state index in [1.54, 1.807) is 48.6 Å². The summed E-state index contributed by atoms with van der Waals surface area (Å²) in [5.41, 5.74) is 1.39. The molecule has 1 atom stereocenters. The number of nitrogens with zero attached hydrogens (tertiary/aromatic N) is 1. The maximum atomic E-state index is 12.9. The highest BCUT2D eigenvalue weighted by molar-refractivity contribution is 6.21. The number of carbonyl (C=O) groups is 2. The Morgan fingerprint density at radius 3 is 2.09 bits per heavy atom. The van der Waals surface area contributed by atoms with Crippen molar-refractivity contribution in [2.24, 2.45) is 0 Å². The van der Waals surface area contributed by atoms with Crippen LogP contribution in [0.3, 0.4) is 0 Å². The zero-order chi connectivity index (χ0) is 16.4. The molecule has 3 rings (SSSR count). The van der Waals surface area contributed by atoms with Gasteiger partial charge in [0.2, 0.25) is 0 Å². The minimum atomic E-state index is -0.771. The van der Waals surface area contributed by atoms with Gasteiger partial charge in [-0.15, -0.1) is 0 Å².